The number of thiol groups is 1. The van der Waals surface area contributed by atoms with Gasteiger partial charge in [0.25, 0.3) is 0 Å². The zero-order valence-electron chi connectivity index (χ0n) is 34.1. The predicted molar refractivity (Wildman–Crippen MR) is 236 cm³/mol. The molecule has 6 rings (SSSR count). The summed E-state index contributed by atoms with van der Waals surface area (Å²) in [5.74, 6) is 0.00167. The van der Waals surface area contributed by atoms with Gasteiger partial charge in [-0.15, -0.1) is 34.0 Å². The van der Waals surface area contributed by atoms with Crippen molar-refractivity contribution in [2.45, 2.75) is 85.5 Å². The Kier molecular flexibility index (Phi) is 21.6. The van der Waals surface area contributed by atoms with Crippen molar-refractivity contribution in [3.63, 3.8) is 0 Å². The molecule has 0 aromatic carbocycles. The number of carbonyl (C=O) groups is 4. The van der Waals surface area contributed by atoms with Gasteiger partial charge in [0.1, 0.15) is 0 Å². The number of ketones is 1. The van der Waals surface area contributed by atoms with Gasteiger partial charge >= 0.3 is 43.0 Å². The zero-order valence-corrected chi connectivity index (χ0v) is 39.0. The molecule has 0 spiro atoms. The quantitative estimate of drug-likeness (QED) is 0.156. The Labute approximate surface area is 364 Å². The van der Waals surface area contributed by atoms with E-state index >= 15 is 0 Å². The Hall–Kier alpha value is -3.24. The molecule has 3 aliphatic heterocycles. The first kappa shape index (κ1) is 49.9. The minimum absolute atomic E-state index is 0.00167. The molecule has 6 heterocycles. The van der Waals surface area contributed by atoms with E-state index in [0.29, 0.717) is 32.9 Å². The van der Waals surface area contributed by atoms with Crippen LogP contribution in [0.3, 0.4) is 0 Å². The Morgan fingerprint density at radius 1 is 0.825 bits per heavy atom. The van der Waals surface area contributed by atoms with Crippen molar-refractivity contribution in [2.75, 3.05) is 59.1 Å². The van der Waals surface area contributed by atoms with Crippen molar-refractivity contribution >= 4 is 94.5 Å². The number of rotatable bonds is 3. The van der Waals surface area contributed by atoms with Crippen molar-refractivity contribution in [1.82, 2.24) is 14.7 Å². The van der Waals surface area contributed by atoms with Gasteiger partial charge in [0.2, 0.25) is 0 Å². The summed E-state index contributed by atoms with van der Waals surface area (Å²) in [5, 5.41) is 11.4. The minimum atomic E-state index is -0.397. The zero-order chi connectivity index (χ0) is 42.8. The molecule has 0 atom stereocenters. The average Bonchev–Trinajstić information content (AvgIpc) is 3.87. The van der Waals surface area contributed by atoms with Crippen LogP contribution in [0.15, 0.2) is 37.0 Å². The second-order valence-electron chi connectivity index (χ2n) is 14.0. The summed E-state index contributed by atoms with van der Waals surface area (Å²) in [6.45, 7) is 20.5. The number of nitriles is 1. The number of thiophene rings is 3. The number of fused-ring (bicyclic) bond motifs is 3. The maximum atomic E-state index is 11.9. The van der Waals surface area contributed by atoms with Crippen LogP contribution in [0.1, 0.15) is 91.5 Å². The van der Waals surface area contributed by atoms with Gasteiger partial charge in [-0.2, -0.15) is 5.26 Å². The summed E-state index contributed by atoms with van der Waals surface area (Å²) in [7, 11) is 4.34. The second-order valence-corrected chi connectivity index (χ2v) is 18.8. The second kappa shape index (κ2) is 24.6. The fraction of sp³-hybridized carbons (Fsp3) is 0.564. The molecule has 57 heavy (non-hydrogen) atoms. The van der Waals surface area contributed by atoms with Crippen LogP contribution in [0.25, 0.3) is 0 Å². The number of carbonyl (C=O) groups excluding carboxylic acids is 4. The van der Waals surface area contributed by atoms with Crippen LogP contribution in [-0.2, 0) is 44.3 Å². The van der Waals surface area contributed by atoms with Crippen molar-refractivity contribution in [1.29, 1.82) is 5.26 Å². The number of hydrogen-bond acceptors (Lipinski definition) is 13. The van der Waals surface area contributed by atoms with Gasteiger partial charge in [-0.1, -0.05) is 27.7 Å². The molecular weight excluding hydrogens is 869 g/mol. The van der Waals surface area contributed by atoms with Crippen LogP contribution in [0.2, 0.25) is 0 Å². The molecule has 0 saturated heterocycles. The topological polar surface area (TPSA) is 142 Å². The summed E-state index contributed by atoms with van der Waals surface area (Å²) < 4.78 is 19.0. The molecular formula is C39H54BBrN5O7S4. The standard InChI is InChI=1S/C13H18BrNO2S.C13H19NO2S.C11H13NO3S.C2H3N.BHNS/c1-4-17-12(16)15-6-5-10-9(7-11(14)18-10)13(2,3)8-15;1-4-16-12(15)14-7-5-11-10(6-8-17-11)13(2,3)9-14;1-2-15-11(14)12-5-3-10-8(4-6-16-10)9(13)7-12;2*1-2-3/h7H,4-6,8H2,1-3H3;6,8H,4-5,7,9H2,1-3H3;4,6H,2-3,5,7H2,1H3;1H3;3H. The number of halogens is 1. The Bertz CT molecular complexity index is 1820. The summed E-state index contributed by atoms with van der Waals surface area (Å²) in [5.41, 5.74) is 3.48. The van der Waals surface area contributed by atoms with E-state index in [4.69, 9.17) is 19.5 Å². The van der Waals surface area contributed by atoms with Crippen molar-refractivity contribution in [3.8, 4) is 6.07 Å². The molecule has 0 N–H and O–H groups in total. The van der Waals surface area contributed by atoms with Crippen molar-refractivity contribution < 1.29 is 33.4 Å². The number of hydrogen-bond donors (Lipinski definition) is 1. The fourth-order valence-corrected chi connectivity index (χ4v) is 10.3. The van der Waals surface area contributed by atoms with Crippen molar-refractivity contribution in [2.24, 2.45) is 4.30 Å². The van der Waals surface area contributed by atoms with Gasteiger partial charge in [0, 0.05) is 77.1 Å². The van der Waals surface area contributed by atoms with E-state index in [2.05, 4.69) is 85.9 Å². The fourth-order valence-electron chi connectivity index (χ4n) is 6.52. The van der Waals surface area contributed by atoms with Crippen LogP contribution in [0.5, 0.6) is 0 Å². The van der Waals surface area contributed by atoms with E-state index in [-0.39, 0.29) is 35.3 Å². The molecule has 18 heteroatoms. The molecule has 12 nitrogen and oxygen atoms in total. The maximum absolute atomic E-state index is 11.9. The van der Waals surface area contributed by atoms with E-state index < -0.39 is 6.09 Å². The third-order valence-electron chi connectivity index (χ3n) is 8.94. The van der Waals surface area contributed by atoms with E-state index in [1.807, 2.05) is 35.1 Å². The number of nitrogens with zero attached hydrogens (tertiary/aromatic N) is 5. The van der Waals surface area contributed by atoms with Crippen LogP contribution >= 0.6 is 62.8 Å². The van der Waals surface area contributed by atoms with E-state index in [0.717, 1.165) is 49.3 Å². The molecule has 0 unspecified atom stereocenters. The third-order valence-corrected chi connectivity index (χ3v) is 12.6. The number of ether oxygens (including phenoxy) is 3. The molecule has 3 amide bonds. The number of Topliss-reactive ketones (excluding diaryl/α,β-unsaturated/α-hetero) is 1. The molecule has 0 fully saturated rings. The van der Waals surface area contributed by atoms with Gasteiger partial charge in [-0.3, -0.25) is 4.79 Å². The van der Waals surface area contributed by atoms with Gasteiger partial charge in [-0.05, 0) is 89.6 Å². The van der Waals surface area contributed by atoms with E-state index in [1.54, 1.807) is 47.0 Å². The summed E-state index contributed by atoms with van der Waals surface area (Å²) >= 11 is 11.9. The third kappa shape index (κ3) is 15.1. The molecule has 0 aliphatic carbocycles. The Morgan fingerprint density at radius 3 is 1.77 bits per heavy atom. The normalized spacial score (nSPS) is 15.9. The van der Waals surface area contributed by atoms with Gasteiger partial charge < -0.3 is 28.9 Å². The van der Waals surface area contributed by atoms with E-state index in [1.165, 1.54) is 36.5 Å². The molecule has 311 valence electrons. The molecule has 3 aromatic rings. The van der Waals surface area contributed by atoms with Crippen LogP contribution in [0, 0.1) is 11.3 Å². The first-order valence-electron chi connectivity index (χ1n) is 18.6. The Morgan fingerprint density at radius 2 is 1.25 bits per heavy atom. The Balaban J connectivity index is 0.000000276. The van der Waals surface area contributed by atoms with Crippen LogP contribution in [-0.4, -0.2) is 105 Å². The molecule has 3 aromatic heterocycles. The molecule has 0 saturated carbocycles. The van der Waals surface area contributed by atoms with E-state index in [9.17, 15) is 19.2 Å². The SMILES string of the molecule is CC#N.CCOC(=O)N1CCc2sc(Br)cc2C(C)(C)C1.CCOC(=O)N1CCc2sccc2C(=O)C1.CCOC(=O)N1CCc2sccc2C(C)(C)C1.[B]=NS. The average molecular weight is 924 g/mol. The van der Waals surface area contributed by atoms with Crippen LogP contribution < -0.4 is 0 Å². The predicted octanol–water partition coefficient (Wildman–Crippen LogP) is 9.50. The van der Waals surface area contributed by atoms with Crippen LogP contribution in [0.4, 0.5) is 14.4 Å². The summed E-state index contributed by atoms with van der Waals surface area (Å²) in [6.07, 6.45) is 1.81. The molecule has 3 aliphatic rings. The van der Waals surface area contributed by atoms with Gasteiger partial charge in [-0.25, -0.2) is 14.4 Å². The van der Waals surface area contributed by atoms with Crippen molar-refractivity contribution in [3.05, 3.63) is 64.1 Å². The summed E-state index contributed by atoms with van der Waals surface area (Å²) in [6, 6.07) is 7.96. The first-order chi connectivity index (χ1) is 27.0. The molecule has 1 radical (unpaired) electrons. The summed E-state index contributed by atoms with van der Waals surface area (Å²) in [4.78, 5) is 56.0. The number of amides is 3. The van der Waals surface area contributed by atoms with Gasteiger partial charge in [0.05, 0.1) is 36.2 Å². The van der Waals surface area contributed by atoms with Gasteiger partial charge in [0.15, 0.2) is 5.78 Å². The first-order valence-corrected chi connectivity index (χ1v) is 22.4. The molecule has 0 bridgehead atoms. The monoisotopic (exact) mass is 922 g/mol.